The van der Waals surface area contributed by atoms with Gasteiger partial charge >= 0.3 is 5.97 Å². The Morgan fingerprint density at radius 1 is 1.20 bits per heavy atom. The van der Waals surface area contributed by atoms with Gasteiger partial charge in [-0.2, -0.15) is 0 Å². The molecule has 3 rings (SSSR count). The van der Waals surface area contributed by atoms with Crippen LogP contribution in [0.5, 0.6) is 11.5 Å². The second-order valence-corrected chi connectivity index (χ2v) is 5.15. The van der Waals surface area contributed by atoms with E-state index in [0.29, 0.717) is 12.2 Å². The molecule has 0 saturated carbocycles. The molecule has 1 aromatic rings. The van der Waals surface area contributed by atoms with Crippen LogP contribution in [0.25, 0.3) is 0 Å². The lowest BCUT2D eigenvalue weighted by Crippen LogP contribution is -2.37. The molecule has 0 aliphatic carbocycles. The Bertz CT molecular complexity index is 529. The zero-order chi connectivity index (χ0) is 14.1. The molecule has 1 saturated heterocycles. The van der Waals surface area contributed by atoms with Crippen molar-refractivity contribution in [2.45, 2.75) is 31.4 Å². The van der Waals surface area contributed by atoms with Crippen LogP contribution in [-0.2, 0) is 16.0 Å². The van der Waals surface area contributed by atoms with Gasteiger partial charge in [0.25, 0.3) is 0 Å². The van der Waals surface area contributed by atoms with E-state index in [9.17, 15) is 4.79 Å². The van der Waals surface area contributed by atoms with Crippen molar-refractivity contribution in [2.75, 3.05) is 20.8 Å². The number of esters is 1. The molecule has 1 fully saturated rings. The van der Waals surface area contributed by atoms with E-state index >= 15 is 0 Å². The molecule has 1 N–H and O–H groups in total. The number of fused-ring (bicyclic) bond motifs is 1. The molecule has 0 aromatic heterocycles. The molecule has 108 valence electrons. The molecule has 2 aliphatic heterocycles. The summed E-state index contributed by atoms with van der Waals surface area (Å²) in [5, 5.41) is 3.45. The summed E-state index contributed by atoms with van der Waals surface area (Å²) in [7, 11) is 3.27. The minimum Gasteiger partial charge on any atom is -0.493 e. The molecular formula is C15H19NO4. The van der Waals surface area contributed by atoms with E-state index in [4.69, 9.17) is 14.2 Å². The number of nitrogens with one attached hydrogen (secondary N) is 1. The van der Waals surface area contributed by atoms with Crippen molar-refractivity contribution in [2.24, 2.45) is 0 Å². The molecule has 0 spiro atoms. The van der Waals surface area contributed by atoms with Crippen LogP contribution in [0, 0.1) is 0 Å². The number of ether oxygens (including phenoxy) is 3. The second kappa shape index (κ2) is 5.32. The highest BCUT2D eigenvalue weighted by Crippen LogP contribution is 2.38. The van der Waals surface area contributed by atoms with Gasteiger partial charge in [-0.05, 0) is 42.6 Å². The Hall–Kier alpha value is -1.75. The van der Waals surface area contributed by atoms with E-state index in [0.717, 1.165) is 30.7 Å². The molecule has 20 heavy (non-hydrogen) atoms. The van der Waals surface area contributed by atoms with Crippen LogP contribution in [0.3, 0.4) is 0 Å². The van der Waals surface area contributed by atoms with Crippen LogP contribution in [0.1, 0.15) is 30.0 Å². The van der Waals surface area contributed by atoms with Crippen molar-refractivity contribution in [3.63, 3.8) is 0 Å². The molecular weight excluding hydrogens is 258 g/mol. The number of methoxy groups -OCH3 is 2. The average molecular weight is 277 g/mol. The number of hydrogen-bond donors (Lipinski definition) is 1. The molecule has 0 bridgehead atoms. The highest BCUT2D eigenvalue weighted by atomic mass is 16.6. The molecule has 5 nitrogen and oxygen atoms in total. The molecule has 2 atom stereocenters. The summed E-state index contributed by atoms with van der Waals surface area (Å²) in [5.74, 6) is 1.35. The summed E-state index contributed by atoms with van der Waals surface area (Å²) in [6.45, 7) is 0.876. The first-order valence-electron chi connectivity index (χ1n) is 6.90. The molecule has 0 radical (unpaired) electrons. The first-order valence-corrected chi connectivity index (χ1v) is 6.90. The number of carbonyl (C=O) groups is 1. The van der Waals surface area contributed by atoms with Crippen LogP contribution in [0.15, 0.2) is 12.1 Å². The predicted octanol–water partition coefficient (Wildman–Crippen LogP) is 1.60. The summed E-state index contributed by atoms with van der Waals surface area (Å²) in [4.78, 5) is 11.3. The first-order chi connectivity index (χ1) is 9.72. The third kappa shape index (κ3) is 2.22. The van der Waals surface area contributed by atoms with E-state index in [1.54, 1.807) is 14.2 Å². The van der Waals surface area contributed by atoms with Gasteiger partial charge in [0.2, 0.25) is 0 Å². The highest BCUT2D eigenvalue weighted by molar-refractivity contribution is 5.71. The zero-order valence-corrected chi connectivity index (χ0v) is 11.8. The smallest absolute Gasteiger partial charge is 0.306 e. The van der Waals surface area contributed by atoms with Crippen molar-refractivity contribution in [3.8, 4) is 11.5 Å². The largest absolute Gasteiger partial charge is 0.493 e. The number of hydrogen-bond acceptors (Lipinski definition) is 5. The number of cyclic esters (lactones) is 1. The van der Waals surface area contributed by atoms with Crippen LogP contribution in [0.4, 0.5) is 0 Å². The van der Waals surface area contributed by atoms with Crippen LogP contribution in [-0.4, -0.2) is 32.8 Å². The van der Waals surface area contributed by atoms with Crippen molar-refractivity contribution >= 4 is 5.97 Å². The van der Waals surface area contributed by atoms with Crippen molar-refractivity contribution < 1.29 is 19.0 Å². The number of rotatable bonds is 3. The maximum Gasteiger partial charge on any atom is 0.306 e. The highest BCUT2D eigenvalue weighted by Gasteiger charge is 2.35. The van der Waals surface area contributed by atoms with Gasteiger partial charge in [-0.15, -0.1) is 0 Å². The van der Waals surface area contributed by atoms with Gasteiger partial charge in [-0.1, -0.05) is 0 Å². The molecule has 2 aliphatic rings. The number of benzene rings is 1. The summed E-state index contributed by atoms with van der Waals surface area (Å²) in [5.41, 5.74) is 2.38. The topological polar surface area (TPSA) is 56.8 Å². The normalized spacial score (nSPS) is 25.0. The molecule has 1 aromatic carbocycles. The monoisotopic (exact) mass is 277 g/mol. The van der Waals surface area contributed by atoms with E-state index < -0.39 is 0 Å². The maximum atomic E-state index is 11.3. The van der Waals surface area contributed by atoms with Crippen LogP contribution in [0.2, 0.25) is 0 Å². The summed E-state index contributed by atoms with van der Waals surface area (Å²) in [6, 6.07) is 4.07. The minimum atomic E-state index is -0.107. The van der Waals surface area contributed by atoms with E-state index in [1.165, 1.54) is 5.56 Å². The summed E-state index contributed by atoms with van der Waals surface area (Å²) >= 11 is 0. The molecule has 0 amide bonds. The molecule has 2 heterocycles. The van der Waals surface area contributed by atoms with Gasteiger partial charge in [-0.25, -0.2) is 0 Å². The van der Waals surface area contributed by atoms with Gasteiger partial charge in [-0.3, -0.25) is 4.79 Å². The van der Waals surface area contributed by atoms with E-state index in [-0.39, 0.29) is 18.1 Å². The quantitative estimate of drug-likeness (QED) is 0.850. The van der Waals surface area contributed by atoms with Crippen LogP contribution >= 0.6 is 0 Å². The summed E-state index contributed by atoms with van der Waals surface area (Å²) in [6.07, 6.45) is 2.13. The third-order valence-corrected chi connectivity index (χ3v) is 4.03. The van der Waals surface area contributed by atoms with Crippen LogP contribution < -0.4 is 14.8 Å². The SMILES string of the molecule is COc1cc2c(cc1OC)C(C1CCC(=O)O1)NCC2. The lowest BCUT2D eigenvalue weighted by atomic mass is 9.89. The Morgan fingerprint density at radius 2 is 1.95 bits per heavy atom. The standard InChI is InChI=1S/C15H19NO4/c1-18-12-7-9-5-6-16-15(10(9)8-13(12)19-2)11-3-4-14(17)20-11/h7-8,11,15-16H,3-6H2,1-2H3. The van der Waals surface area contributed by atoms with Gasteiger partial charge < -0.3 is 19.5 Å². The predicted molar refractivity (Wildman–Crippen MR) is 73.1 cm³/mol. The average Bonchev–Trinajstić information content (AvgIpc) is 2.91. The Labute approximate surface area is 118 Å². The van der Waals surface area contributed by atoms with Crippen molar-refractivity contribution in [3.05, 3.63) is 23.3 Å². The maximum absolute atomic E-state index is 11.3. The minimum absolute atomic E-state index is 0.0463. The Morgan fingerprint density at radius 3 is 2.60 bits per heavy atom. The fraction of sp³-hybridized carbons (Fsp3) is 0.533. The summed E-state index contributed by atoms with van der Waals surface area (Å²) < 4.78 is 16.1. The van der Waals surface area contributed by atoms with E-state index in [1.807, 2.05) is 12.1 Å². The van der Waals surface area contributed by atoms with Crippen molar-refractivity contribution in [1.82, 2.24) is 5.32 Å². The fourth-order valence-corrected chi connectivity index (χ4v) is 3.03. The Balaban J connectivity index is 1.97. The third-order valence-electron chi connectivity index (χ3n) is 4.03. The second-order valence-electron chi connectivity index (χ2n) is 5.15. The number of carbonyl (C=O) groups excluding carboxylic acids is 1. The van der Waals surface area contributed by atoms with Crippen molar-refractivity contribution in [1.29, 1.82) is 0 Å². The first kappa shape index (κ1) is 13.2. The van der Waals surface area contributed by atoms with Gasteiger partial charge in [0.15, 0.2) is 11.5 Å². The fourth-order valence-electron chi connectivity index (χ4n) is 3.03. The Kier molecular flexibility index (Phi) is 3.53. The van der Waals surface area contributed by atoms with Gasteiger partial charge in [0, 0.05) is 6.42 Å². The lowest BCUT2D eigenvalue weighted by Gasteiger charge is -2.31. The zero-order valence-electron chi connectivity index (χ0n) is 11.8. The van der Waals surface area contributed by atoms with E-state index in [2.05, 4.69) is 5.32 Å². The molecule has 5 heteroatoms. The van der Waals surface area contributed by atoms with Gasteiger partial charge in [0.05, 0.1) is 20.3 Å². The van der Waals surface area contributed by atoms with Gasteiger partial charge in [0.1, 0.15) is 6.10 Å². The lowest BCUT2D eigenvalue weighted by molar-refractivity contribution is -0.142. The molecule has 2 unspecified atom stereocenters.